The van der Waals surface area contributed by atoms with E-state index in [2.05, 4.69) is 41.4 Å². The van der Waals surface area contributed by atoms with E-state index in [4.69, 9.17) is 10.5 Å². The van der Waals surface area contributed by atoms with E-state index >= 15 is 0 Å². The van der Waals surface area contributed by atoms with Crippen molar-refractivity contribution in [2.24, 2.45) is 0 Å². The van der Waals surface area contributed by atoms with E-state index in [9.17, 15) is 4.79 Å². The summed E-state index contributed by atoms with van der Waals surface area (Å²) in [4.78, 5) is 14.9. The summed E-state index contributed by atoms with van der Waals surface area (Å²) in [6.45, 7) is 5.80. The number of nitrogens with zero attached hydrogens (tertiary/aromatic N) is 1. The van der Waals surface area contributed by atoms with Gasteiger partial charge in [-0.3, -0.25) is 9.69 Å². The van der Waals surface area contributed by atoms with Crippen molar-refractivity contribution < 1.29 is 9.53 Å². The quantitative estimate of drug-likeness (QED) is 0.821. The van der Waals surface area contributed by atoms with Gasteiger partial charge in [0.25, 0.3) is 5.91 Å². The largest absolute Gasteiger partial charge is 0.398 e. The van der Waals surface area contributed by atoms with Crippen LogP contribution < -0.4 is 11.1 Å². The van der Waals surface area contributed by atoms with E-state index in [0.29, 0.717) is 17.8 Å². The molecule has 0 radical (unpaired) electrons. The van der Waals surface area contributed by atoms with E-state index in [-0.39, 0.29) is 11.9 Å². The number of carbonyl (C=O) groups is 1. The first-order valence-electron chi connectivity index (χ1n) is 8.66. The molecule has 0 aliphatic carbocycles. The van der Waals surface area contributed by atoms with Gasteiger partial charge in [0.15, 0.2) is 0 Å². The highest BCUT2D eigenvalue weighted by molar-refractivity contribution is 5.99. The molecule has 3 N–H and O–H groups in total. The first-order chi connectivity index (χ1) is 12.1. The number of nitrogens with one attached hydrogen (secondary N) is 1. The van der Waals surface area contributed by atoms with E-state index in [1.165, 1.54) is 11.1 Å². The zero-order chi connectivity index (χ0) is 17.6. The summed E-state index contributed by atoms with van der Waals surface area (Å²) in [6.07, 6.45) is 0. The summed E-state index contributed by atoms with van der Waals surface area (Å²) >= 11 is 0. The Morgan fingerprint density at radius 3 is 2.68 bits per heavy atom. The van der Waals surface area contributed by atoms with Crippen molar-refractivity contribution in [1.29, 1.82) is 0 Å². The molecule has 0 bridgehead atoms. The van der Waals surface area contributed by atoms with Crippen molar-refractivity contribution in [2.75, 3.05) is 38.6 Å². The molecule has 2 aromatic carbocycles. The lowest BCUT2D eigenvalue weighted by atomic mass is 10.0. The molecule has 0 saturated carbocycles. The van der Waals surface area contributed by atoms with Crippen LogP contribution in [0.15, 0.2) is 48.5 Å². The number of rotatable bonds is 5. The molecule has 3 rings (SSSR count). The van der Waals surface area contributed by atoms with Crippen molar-refractivity contribution >= 4 is 11.6 Å². The second-order valence-corrected chi connectivity index (χ2v) is 6.38. The Morgan fingerprint density at radius 1 is 1.20 bits per heavy atom. The maximum atomic E-state index is 12.5. The number of morpholine rings is 1. The lowest BCUT2D eigenvalue weighted by Gasteiger charge is -2.35. The van der Waals surface area contributed by atoms with Gasteiger partial charge in [0.05, 0.1) is 24.8 Å². The third-order valence-corrected chi connectivity index (χ3v) is 4.57. The summed E-state index contributed by atoms with van der Waals surface area (Å²) in [7, 11) is 0. The zero-order valence-corrected chi connectivity index (χ0v) is 14.6. The smallest absolute Gasteiger partial charge is 0.253 e. The fourth-order valence-electron chi connectivity index (χ4n) is 3.21. The maximum absolute atomic E-state index is 12.5. The zero-order valence-electron chi connectivity index (χ0n) is 14.6. The van der Waals surface area contributed by atoms with Gasteiger partial charge < -0.3 is 15.8 Å². The monoisotopic (exact) mass is 339 g/mol. The maximum Gasteiger partial charge on any atom is 0.253 e. The van der Waals surface area contributed by atoms with Crippen LogP contribution in [0.4, 0.5) is 5.69 Å². The normalized spacial score (nSPS) is 16.4. The minimum Gasteiger partial charge on any atom is -0.398 e. The van der Waals surface area contributed by atoms with Gasteiger partial charge in [0.2, 0.25) is 0 Å². The Balaban J connectivity index is 1.75. The standard InChI is InChI=1S/C20H25N3O2/c1-15-5-4-6-16(13-15)19(23-9-11-25-12-10-23)14-22-20(24)17-7-2-3-8-18(17)21/h2-8,13,19H,9-12,14,21H2,1H3,(H,22,24). The van der Waals surface area contributed by atoms with Crippen molar-refractivity contribution in [3.8, 4) is 0 Å². The van der Waals surface area contributed by atoms with Crippen LogP contribution in [0.1, 0.15) is 27.5 Å². The number of benzene rings is 2. The van der Waals surface area contributed by atoms with Crippen LogP contribution in [-0.4, -0.2) is 43.7 Å². The Morgan fingerprint density at radius 2 is 1.96 bits per heavy atom. The van der Waals surface area contributed by atoms with Crippen LogP contribution in [-0.2, 0) is 4.74 Å². The number of para-hydroxylation sites is 1. The average molecular weight is 339 g/mol. The lowest BCUT2D eigenvalue weighted by molar-refractivity contribution is 0.0162. The Labute approximate surface area is 148 Å². The predicted molar refractivity (Wildman–Crippen MR) is 99.5 cm³/mol. The summed E-state index contributed by atoms with van der Waals surface area (Å²) in [5.74, 6) is -0.135. The highest BCUT2D eigenvalue weighted by Gasteiger charge is 2.23. The molecule has 1 aliphatic rings. The SMILES string of the molecule is Cc1cccc(C(CNC(=O)c2ccccc2N)N2CCOCC2)c1. The van der Waals surface area contributed by atoms with Crippen molar-refractivity contribution in [2.45, 2.75) is 13.0 Å². The topological polar surface area (TPSA) is 67.6 Å². The number of hydrogen-bond acceptors (Lipinski definition) is 4. The second kappa shape index (κ2) is 8.14. The van der Waals surface area contributed by atoms with Crippen molar-refractivity contribution in [1.82, 2.24) is 10.2 Å². The Bertz CT molecular complexity index is 726. The van der Waals surface area contributed by atoms with E-state index in [1.54, 1.807) is 12.1 Å². The Kier molecular flexibility index (Phi) is 5.68. The molecular weight excluding hydrogens is 314 g/mol. The fraction of sp³-hybridized carbons (Fsp3) is 0.350. The summed E-state index contributed by atoms with van der Waals surface area (Å²) in [6, 6.07) is 15.7. The van der Waals surface area contributed by atoms with Gasteiger partial charge in [0.1, 0.15) is 0 Å². The van der Waals surface area contributed by atoms with E-state index in [1.807, 2.05) is 12.1 Å². The predicted octanol–water partition coefficient (Wildman–Crippen LogP) is 2.38. The number of carbonyl (C=O) groups excluding carboxylic acids is 1. The molecule has 1 amide bonds. The number of nitrogens with two attached hydrogens (primary N) is 1. The molecule has 5 heteroatoms. The number of ether oxygens (including phenoxy) is 1. The van der Waals surface area contributed by atoms with Crippen LogP contribution in [0.5, 0.6) is 0 Å². The van der Waals surface area contributed by atoms with Gasteiger partial charge in [-0.05, 0) is 24.6 Å². The summed E-state index contributed by atoms with van der Waals surface area (Å²) in [5.41, 5.74) is 9.36. The number of amides is 1. The minimum absolute atomic E-state index is 0.123. The first kappa shape index (κ1) is 17.5. The van der Waals surface area contributed by atoms with Gasteiger partial charge in [-0.15, -0.1) is 0 Å². The average Bonchev–Trinajstić information content (AvgIpc) is 2.63. The third-order valence-electron chi connectivity index (χ3n) is 4.57. The van der Waals surface area contributed by atoms with Crippen molar-refractivity contribution in [3.05, 3.63) is 65.2 Å². The Hall–Kier alpha value is -2.37. The molecule has 1 atom stereocenters. The molecule has 0 spiro atoms. The first-order valence-corrected chi connectivity index (χ1v) is 8.66. The summed E-state index contributed by atoms with van der Waals surface area (Å²) in [5, 5.41) is 3.05. The van der Waals surface area contributed by atoms with Crippen LogP contribution in [0.2, 0.25) is 0 Å². The number of aryl methyl sites for hydroxylation is 1. The molecule has 1 heterocycles. The van der Waals surface area contributed by atoms with Gasteiger partial charge in [-0.2, -0.15) is 0 Å². The summed E-state index contributed by atoms with van der Waals surface area (Å²) < 4.78 is 5.47. The van der Waals surface area contributed by atoms with Gasteiger partial charge in [-0.25, -0.2) is 0 Å². The number of hydrogen-bond donors (Lipinski definition) is 2. The number of nitrogen functional groups attached to an aromatic ring is 1. The van der Waals surface area contributed by atoms with Gasteiger partial charge >= 0.3 is 0 Å². The second-order valence-electron chi connectivity index (χ2n) is 6.38. The molecule has 1 fully saturated rings. The molecule has 5 nitrogen and oxygen atoms in total. The molecule has 1 saturated heterocycles. The van der Waals surface area contributed by atoms with Crippen LogP contribution in [0.3, 0.4) is 0 Å². The molecule has 2 aromatic rings. The fourth-order valence-corrected chi connectivity index (χ4v) is 3.21. The van der Waals surface area contributed by atoms with Crippen LogP contribution in [0, 0.1) is 6.92 Å². The molecular formula is C20H25N3O2. The lowest BCUT2D eigenvalue weighted by Crippen LogP contribution is -2.43. The van der Waals surface area contributed by atoms with Crippen LogP contribution in [0.25, 0.3) is 0 Å². The van der Waals surface area contributed by atoms with Gasteiger partial charge in [-0.1, -0.05) is 42.0 Å². The molecule has 25 heavy (non-hydrogen) atoms. The van der Waals surface area contributed by atoms with Gasteiger partial charge in [0, 0.05) is 25.3 Å². The minimum atomic E-state index is -0.135. The highest BCUT2D eigenvalue weighted by Crippen LogP contribution is 2.22. The molecule has 0 aromatic heterocycles. The van der Waals surface area contributed by atoms with E-state index < -0.39 is 0 Å². The third kappa shape index (κ3) is 4.38. The van der Waals surface area contributed by atoms with Crippen LogP contribution >= 0.6 is 0 Å². The molecule has 1 unspecified atom stereocenters. The van der Waals surface area contributed by atoms with Crippen molar-refractivity contribution in [3.63, 3.8) is 0 Å². The highest BCUT2D eigenvalue weighted by atomic mass is 16.5. The molecule has 132 valence electrons. The number of anilines is 1. The van der Waals surface area contributed by atoms with E-state index in [0.717, 1.165) is 26.3 Å². The molecule has 1 aliphatic heterocycles.